The molecule has 1 aromatic carbocycles. The first-order valence-electron chi connectivity index (χ1n) is 7.23. The van der Waals surface area contributed by atoms with Crippen molar-refractivity contribution in [2.75, 3.05) is 7.05 Å². The molecular formula is C16H23N3O. The summed E-state index contributed by atoms with van der Waals surface area (Å²) in [4.78, 5) is 4.49. The number of benzene rings is 1. The van der Waals surface area contributed by atoms with Crippen molar-refractivity contribution >= 4 is 0 Å². The van der Waals surface area contributed by atoms with Crippen LogP contribution in [0.1, 0.15) is 32.2 Å². The average Bonchev–Trinajstić information content (AvgIpc) is 2.93. The van der Waals surface area contributed by atoms with E-state index in [1.165, 1.54) is 5.56 Å². The van der Waals surface area contributed by atoms with Gasteiger partial charge in [-0.05, 0) is 24.9 Å². The maximum Gasteiger partial charge on any atom is 0.228 e. The van der Waals surface area contributed by atoms with E-state index in [-0.39, 0.29) is 0 Å². The summed E-state index contributed by atoms with van der Waals surface area (Å²) in [5.41, 5.74) is 2.32. The quantitative estimate of drug-likeness (QED) is 0.878. The number of nitrogens with one attached hydrogen (secondary N) is 1. The van der Waals surface area contributed by atoms with Crippen LogP contribution < -0.4 is 5.32 Å². The van der Waals surface area contributed by atoms with Gasteiger partial charge in [-0.1, -0.05) is 50.2 Å². The van der Waals surface area contributed by atoms with Crippen molar-refractivity contribution in [3.8, 4) is 11.4 Å². The number of aromatic nitrogens is 2. The number of hydrogen-bond acceptors (Lipinski definition) is 4. The Morgan fingerprint density at radius 1 is 1.20 bits per heavy atom. The van der Waals surface area contributed by atoms with Crippen LogP contribution in [0.4, 0.5) is 0 Å². The van der Waals surface area contributed by atoms with Crippen LogP contribution in [0.25, 0.3) is 11.4 Å². The standard InChI is InChI=1S/C16H23N3O/c1-5-12-6-8-13(9-7-12)16-18-15(20-19-16)10-14(17-4)11(2)3/h6-9,11,14,17H,5,10H2,1-4H3. The van der Waals surface area contributed by atoms with Crippen molar-refractivity contribution in [3.05, 3.63) is 35.7 Å². The third-order valence-electron chi connectivity index (χ3n) is 3.66. The fourth-order valence-electron chi connectivity index (χ4n) is 2.20. The monoisotopic (exact) mass is 273 g/mol. The Morgan fingerprint density at radius 3 is 2.45 bits per heavy atom. The Hall–Kier alpha value is -1.68. The lowest BCUT2D eigenvalue weighted by Crippen LogP contribution is -2.32. The first-order chi connectivity index (χ1) is 9.63. The van der Waals surface area contributed by atoms with E-state index >= 15 is 0 Å². The van der Waals surface area contributed by atoms with Crippen LogP contribution in [0, 0.1) is 5.92 Å². The molecule has 0 spiro atoms. The van der Waals surface area contributed by atoms with E-state index in [9.17, 15) is 0 Å². The molecule has 1 aromatic heterocycles. The fourth-order valence-corrected chi connectivity index (χ4v) is 2.20. The second-order valence-corrected chi connectivity index (χ2v) is 5.41. The summed E-state index contributed by atoms with van der Waals surface area (Å²) in [5, 5.41) is 7.36. The molecule has 20 heavy (non-hydrogen) atoms. The van der Waals surface area contributed by atoms with Crippen LogP contribution in [-0.4, -0.2) is 23.2 Å². The van der Waals surface area contributed by atoms with Crippen molar-refractivity contribution in [2.24, 2.45) is 5.92 Å². The summed E-state index contributed by atoms with van der Waals surface area (Å²) < 4.78 is 5.36. The van der Waals surface area contributed by atoms with Gasteiger partial charge in [-0.25, -0.2) is 0 Å². The van der Waals surface area contributed by atoms with E-state index in [0.717, 1.165) is 18.4 Å². The molecule has 4 heteroatoms. The van der Waals surface area contributed by atoms with Crippen molar-refractivity contribution < 1.29 is 4.52 Å². The van der Waals surface area contributed by atoms with E-state index < -0.39 is 0 Å². The normalized spacial score (nSPS) is 12.8. The number of aryl methyl sites for hydroxylation is 1. The van der Waals surface area contributed by atoms with Crippen molar-refractivity contribution in [2.45, 2.75) is 39.7 Å². The number of rotatable bonds is 6. The highest BCUT2D eigenvalue weighted by atomic mass is 16.5. The van der Waals surface area contributed by atoms with Gasteiger partial charge in [0.1, 0.15) is 0 Å². The molecule has 108 valence electrons. The fraction of sp³-hybridized carbons (Fsp3) is 0.500. The second kappa shape index (κ2) is 6.66. The van der Waals surface area contributed by atoms with Crippen LogP contribution in [0.5, 0.6) is 0 Å². The first-order valence-corrected chi connectivity index (χ1v) is 7.23. The van der Waals surface area contributed by atoms with Crippen LogP contribution in [0.3, 0.4) is 0 Å². The Kier molecular flexibility index (Phi) is 4.90. The zero-order valence-corrected chi connectivity index (χ0v) is 12.7. The van der Waals surface area contributed by atoms with E-state index in [1.807, 2.05) is 19.2 Å². The maximum atomic E-state index is 5.36. The van der Waals surface area contributed by atoms with Gasteiger partial charge in [0.05, 0.1) is 0 Å². The lowest BCUT2D eigenvalue weighted by atomic mass is 10.0. The van der Waals surface area contributed by atoms with Gasteiger partial charge in [0, 0.05) is 18.0 Å². The highest BCUT2D eigenvalue weighted by Gasteiger charge is 2.16. The molecule has 2 aromatic rings. The molecular weight excluding hydrogens is 250 g/mol. The zero-order valence-electron chi connectivity index (χ0n) is 12.7. The molecule has 1 atom stereocenters. The van der Waals surface area contributed by atoms with Gasteiger partial charge in [0.15, 0.2) is 0 Å². The van der Waals surface area contributed by atoms with Gasteiger partial charge >= 0.3 is 0 Å². The number of hydrogen-bond donors (Lipinski definition) is 1. The molecule has 4 nitrogen and oxygen atoms in total. The lowest BCUT2D eigenvalue weighted by molar-refractivity contribution is 0.335. The molecule has 0 saturated heterocycles. The third kappa shape index (κ3) is 3.45. The summed E-state index contributed by atoms with van der Waals surface area (Å²) >= 11 is 0. The largest absolute Gasteiger partial charge is 0.339 e. The Balaban J connectivity index is 2.11. The summed E-state index contributed by atoms with van der Waals surface area (Å²) in [6, 6.07) is 8.66. The van der Waals surface area contributed by atoms with E-state index in [1.54, 1.807) is 0 Å². The third-order valence-corrected chi connectivity index (χ3v) is 3.66. The molecule has 0 fully saturated rings. The first kappa shape index (κ1) is 14.7. The van der Waals surface area contributed by atoms with E-state index in [4.69, 9.17) is 4.52 Å². The van der Waals surface area contributed by atoms with Crippen LogP contribution >= 0.6 is 0 Å². The minimum atomic E-state index is 0.353. The summed E-state index contributed by atoms with van der Waals surface area (Å²) in [6.45, 7) is 6.51. The van der Waals surface area contributed by atoms with Gasteiger partial charge in [0.25, 0.3) is 0 Å². The molecule has 0 bridgehead atoms. The Labute approximate surface area is 120 Å². The average molecular weight is 273 g/mol. The molecule has 0 saturated carbocycles. The van der Waals surface area contributed by atoms with Gasteiger partial charge in [-0.2, -0.15) is 4.98 Å². The molecule has 1 N–H and O–H groups in total. The second-order valence-electron chi connectivity index (χ2n) is 5.41. The van der Waals surface area contributed by atoms with Crippen LogP contribution in [-0.2, 0) is 12.8 Å². The number of nitrogens with zero attached hydrogens (tertiary/aromatic N) is 2. The Bertz CT molecular complexity index is 531. The molecule has 1 unspecified atom stereocenters. The van der Waals surface area contributed by atoms with Crippen LogP contribution in [0.15, 0.2) is 28.8 Å². The highest BCUT2D eigenvalue weighted by Crippen LogP contribution is 2.18. The van der Waals surface area contributed by atoms with Crippen molar-refractivity contribution in [3.63, 3.8) is 0 Å². The van der Waals surface area contributed by atoms with Gasteiger partial charge in [-0.15, -0.1) is 0 Å². The minimum absolute atomic E-state index is 0.353. The predicted molar refractivity (Wildman–Crippen MR) is 80.5 cm³/mol. The molecule has 0 aliphatic rings. The molecule has 0 aliphatic heterocycles. The molecule has 0 amide bonds. The van der Waals surface area contributed by atoms with Gasteiger partial charge in [0.2, 0.25) is 11.7 Å². The summed E-state index contributed by atoms with van der Waals surface area (Å²) in [7, 11) is 1.96. The van der Waals surface area contributed by atoms with E-state index in [2.05, 4.69) is 48.4 Å². The van der Waals surface area contributed by atoms with Crippen LogP contribution in [0.2, 0.25) is 0 Å². The maximum absolute atomic E-state index is 5.36. The SMILES string of the molecule is CCc1ccc(-c2noc(CC(NC)C(C)C)n2)cc1. The van der Waals surface area contributed by atoms with Gasteiger partial charge < -0.3 is 9.84 Å². The lowest BCUT2D eigenvalue weighted by Gasteiger charge is -2.17. The zero-order chi connectivity index (χ0) is 14.5. The van der Waals surface area contributed by atoms with Gasteiger partial charge in [-0.3, -0.25) is 0 Å². The van der Waals surface area contributed by atoms with Crippen molar-refractivity contribution in [1.29, 1.82) is 0 Å². The Morgan fingerprint density at radius 2 is 1.90 bits per heavy atom. The smallest absolute Gasteiger partial charge is 0.228 e. The van der Waals surface area contributed by atoms with E-state index in [0.29, 0.717) is 23.7 Å². The predicted octanol–water partition coefficient (Wildman–Crippen LogP) is 3.09. The molecule has 1 heterocycles. The number of likely N-dealkylation sites (N-methyl/N-ethyl adjacent to an activating group) is 1. The van der Waals surface area contributed by atoms with Crippen molar-refractivity contribution in [1.82, 2.24) is 15.5 Å². The topological polar surface area (TPSA) is 51.0 Å². The molecule has 0 aliphatic carbocycles. The molecule has 0 radical (unpaired) electrons. The molecule has 2 rings (SSSR count). The minimum Gasteiger partial charge on any atom is -0.339 e. The summed E-state index contributed by atoms with van der Waals surface area (Å²) in [6.07, 6.45) is 1.80. The summed E-state index contributed by atoms with van der Waals surface area (Å²) in [5.74, 6) is 1.88. The highest BCUT2D eigenvalue weighted by molar-refractivity contribution is 5.54.